The lowest BCUT2D eigenvalue weighted by Crippen LogP contribution is -2.51. The quantitative estimate of drug-likeness (QED) is 0.0577. The number of hydrogen-bond acceptors (Lipinski definition) is 4. The van der Waals surface area contributed by atoms with Crippen molar-refractivity contribution >= 4 is 5.97 Å². The number of hydrogen-bond donors (Lipinski definition) is 0. The van der Waals surface area contributed by atoms with Crippen molar-refractivity contribution in [3.05, 3.63) is 71.1 Å². The first-order valence-corrected chi connectivity index (χ1v) is 24.5. The molecule has 0 aliphatic heterocycles. The second-order valence-electron chi connectivity index (χ2n) is 20.5. The maximum atomic E-state index is 14.7. The van der Waals surface area contributed by atoms with Crippen LogP contribution in [0.3, 0.4) is 0 Å². The molecule has 0 saturated heterocycles. The van der Waals surface area contributed by atoms with E-state index in [4.69, 9.17) is 14.2 Å². The van der Waals surface area contributed by atoms with Crippen molar-refractivity contribution in [2.45, 2.75) is 189 Å². The Kier molecular flexibility index (Phi) is 16.7. The normalized spacial score (nSPS) is 28.0. The molecule has 2 aromatic carbocycles. The molecule has 6 rings (SSSR count). The number of rotatable bonds is 20. The average Bonchev–Trinajstić information content (AvgIpc) is 3.58. The Labute approximate surface area is 364 Å². The molecule has 9 atom stereocenters. The molecule has 4 aliphatic rings. The van der Waals surface area contributed by atoms with Crippen LogP contribution < -0.4 is 9.47 Å². The Hall–Kier alpha value is -3.26. The van der Waals surface area contributed by atoms with Gasteiger partial charge >= 0.3 is 5.97 Å². The summed E-state index contributed by atoms with van der Waals surface area (Å²) < 4.78 is 32.7. The van der Waals surface area contributed by atoms with Gasteiger partial charge in [0, 0.05) is 24.0 Å². The maximum Gasteiger partial charge on any atom is 0.306 e. The molecule has 0 N–H and O–H groups in total. The van der Waals surface area contributed by atoms with E-state index < -0.39 is 0 Å². The first-order chi connectivity index (χ1) is 28.9. The van der Waals surface area contributed by atoms with Gasteiger partial charge in [-0.3, -0.25) is 4.79 Å². The second kappa shape index (κ2) is 21.7. The minimum Gasteiger partial charge on any atom is -0.494 e. The predicted molar refractivity (Wildman–Crippen MR) is 245 cm³/mol. The topological polar surface area (TPSA) is 44.8 Å². The third-order valence-electron chi connectivity index (χ3n) is 15.8. The van der Waals surface area contributed by atoms with Gasteiger partial charge in [0.1, 0.15) is 11.9 Å². The van der Waals surface area contributed by atoms with Gasteiger partial charge in [0.05, 0.1) is 12.7 Å². The Balaban J connectivity index is 0.869. The third kappa shape index (κ3) is 11.8. The van der Waals surface area contributed by atoms with Gasteiger partial charge in [0.25, 0.3) is 0 Å². The summed E-state index contributed by atoms with van der Waals surface area (Å²) in [6.45, 7) is 17.4. The van der Waals surface area contributed by atoms with Crippen molar-refractivity contribution in [3.8, 4) is 23.3 Å². The predicted octanol–water partition coefficient (Wildman–Crippen LogP) is 14.9. The molecule has 4 nitrogen and oxygen atoms in total. The molecule has 60 heavy (non-hydrogen) atoms. The molecule has 330 valence electrons. The Morgan fingerprint density at radius 2 is 1.58 bits per heavy atom. The molecular weight excluding hydrogens is 744 g/mol. The van der Waals surface area contributed by atoms with Gasteiger partial charge in [-0.1, -0.05) is 104 Å². The van der Waals surface area contributed by atoms with E-state index in [0.717, 1.165) is 98.2 Å². The van der Waals surface area contributed by atoms with Crippen LogP contribution in [-0.4, -0.2) is 24.8 Å². The number of esters is 1. The summed E-state index contributed by atoms with van der Waals surface area (Å²) in [5, 5.41) is 0. The zero-order valence-corrected chi connectivity index (χ0v) is 38.6. The number of carbonyl (C=O) groups excluding carboxylic acids is 1. The van der Waals surface area contributed by atoms with E-state index in [0.29, 0.717) is 24.0 Å². The summed E-state index contributed by atoms with van der Waals surface area (Å²) in [5.74, 6) is 11.9. The van der Waals surface area contributed by atoms with Gasteiger partial charge in [-0.2, -0.15) is 0 Å². The Bertz CT molecular complexity index is 1770. The lowest BCUT2D eigenvalue weighted by molar-refractivity contribution is -0.151. The van der Waals surface area contributed by atoms with Crippen molar-refractivity contribution in [3.63, 3.8) is 0 Å². The van der Waals surface area contributed by atoms with Gasteiger partial charge in [0.15, 0.2) is 11.6 Å². The van der Waals surface area contributed by atoms with Gasteiger partial charge < -0.3 is 14.2 Å². The van der Waals surface area contributed by atoms with E-state index in [1.165, 1.54) is 76.7 Å². The summed E-state index contributed by atoms with van der Waals surface area (Å²) in [5.41, 5.74) is 3.83. The molecule has 0 heterocycles. The number of halogens is 1. The molecule has 2 aromatic rings. The lowest BCUT2D eigenvalue weighted by Gasteiger charge is -2.58. The molecule has 0 aromatic heterocycles. The Morgan fingerprint density at radius 3 is 2.35 bits per heavy atom. The van der Waals surface area contributed by atoms with Crippen LogP contribution in [0.25, 0.3) is 0 Å². The van der Waals surface area contributed by atoms with Crippen molar-refractivity contribution in [1.29, 1.82) is 0 Å². The van der Waals surface area contributed by atoms with E-state index in [1.54, 1.807) is 11.6 Å². The highest BCUT2D eigenvalue weighted by Crippen LogP contribution is 2.67. The van der Waals surface area contributed by atoms with Crippen LogP contribution in [0.5, 0.6) is 11.5 Å². The highest BCUT2D eigenvalue weighted by Gasteiger charge is 2.59. The van der Waals surface area contributed by atoms with Gasteiger partial charge in [0.2, 0.25) is 0 Å². The largest absolute Gasteiger partial charge is 0.494 e. The fourth-order valence-corrected chi connectivity index (χ4v) is 12.3. The van der Waals surface area contributed by atoms with Gasteiger partial charge in [-0.25, -0.2) is 4.39 Å². The standard InChI is InChI=1S/C55H79FO4/c1-8-9-10-12-18-41(5)59-52-31-24-43(37-51(52)56)21-20-42-22-26-45(27-23-42)58-36-14-11-13-19-53(57)60-46-32-34-54(6)44(38-46)25-28-47-49-30-29-48(40(4)17-15-16-39(2)3)55(49,7)35-33-50(47)54/h22-27,31,37,39-41,46-50H,8-19,28-30,32-36,38H2,1-7H3/t40-,41+,46+,47+,48-,49+,50+,54+,55-/m1/s1. The Morgan fingerprint density at radius 1 is 0.817 bits per heavy atom. The summed E-state index contributed by atoms with van der Waals surface area (Å²) in [7, 11) is 0. The smallest absolute Gasteiger partial charge is 0.306 e. The summed E-state index contributed by atoms with van der Waals surface area (Å²) >= 11 is 0. The number of allylic oxidation sites excluding steroid dienone is 1. The third-order valence-corrected chi connectivity index (χ3v) is 15.8. The van der Waals surface area contributed by atoms with Gasteiger partial charge in [-0.15, -0.1) is 0 Å². The zero-order valence-electron chi connectivity index (χ0n) is 38.6. The first kappa shape index (κ1) is 46.2. The molecule has 4 aliphatic carbocycles. The van der Waals surface area contributed by atoms with Crippen LogP contribution in [-0.2, 0) is 9.53 Å². The number of unbranched alkanes of at least 4 members (excludes halogenated alkanes) is 5. The minimum atomic E-state index is -0.379. The molecule has 5 heteroatoms. The molecule has 0 unspecified atom stereocenters. The van der Waals surface area contributed by atoms with Crippen molar-refractivity contribution in [2.24, 2.45) is 46.3 Å². The van der Waals surface area contributed by atoms with Gasteiger partial charge in [-0.05, 0) is 173 Å². The SMILES string of the molecule is CCCCCC[C@H](C)Oc1ccc(C#Cc2ccc(OCCCCCC(=O)O[C@H]3CC[C@@]4(C)C(=CC[C@H]5[C@@H]6CC[C@H]([C@H](C)CCCC(C)C)[C@@]6(C)CC[C@@H]54)C3)cc2)cc1F. The molecule has 0 spiro atoms. The number of carbonyl (C=O) groups is 1. The van der Waals surface area contributed by atoms with E-state index >= 15 is 0 Å². The van der Waals surface area contributed by atoms with Crippen molar-refractivity contribution in [2.75, 3.05) is 6.61 Å². The number of ether oxygens (including phenoxy) is 3. The van der Waals surface area contributed by atoms with E-state index in [9.17, 15) is 9.18 Å². The molecule has 3 fully saturated rings. The van der Waals surface area contributed by atoms with E-state index in [-0.39, 0.29) is 35.2 Å². The van der Waals surface area contributed by atoms with Crippen LogP contribution in [0.2, 0.25) is 0 Å². The molecule has 3 saturated carbocycles. The van der Waals surface area contributed by atoms with Crippen LogP contribution in [0.4, 0.5) is 4.39 Å². The fraction of sp³-hybridized carbons (Fsp3) is 0.691. The molecule has 0 bridgehead atoms. The molecule has 0 radical (unpaired) electrons. The van der Waals surface area contributed by atoms with Crippen LogP contribution >= 0.6 is 0 Å². The van der Waals surface area contributed by atoms with Crippen molar-refractivity contribution in [1.82, 2.24) is 0 Å². The maximum absolute atomic E-state index is 14.7. The minimum absolute atomic E-state index is 0.0166. The van der Waals surface area contributed by atoms with Crippen LogP contribution in [0, 0.1) is 64.0 Å². The summed E-state index contributed by atoms with van der Waals surface area (Å²) in [4.78, 5) is 13.0. The number of benzene rings is 2. The van der Waals surface area contributed by atoms with E-state index in [1.807, 2.05) is 37.3 Å². The lowest BCUT2D eigenvalue weighted by atomic mass is 9.47. The monoisotopic (exact) mass is 823 g/mol. The summed E-state index contributed by atoms with van der Waals surface area (Å²) in [6.07, 6.45) is 25.5. The van der Waals surface area contributed by atoms with Crippen LogP contribution in [0.1, 0.15) is 188 Å². The fourth-order valence-electron chi connectivity index (χ4n) is 12.3. The second-order valence-corrected chi connectivity index (χ2v) is 20.5. The molecule has 0 amide bonds. The average molecular weight is 823 g/mol. The summed E-state index contributed by atoms with van der Waals surface area (Å²) in [6, 6.07) is 12.6. The van der Waals surface area contributed by atoms with E-state index in [2.05, 4.69) is 59.5 Å². The van der Waals surface area contributed by atoms with Crippen LogP contribution in [0.15, 0.2) is 54.1 Å². The molecular formula is C55H79FO4. The zero-order chi connectivity index (χ0) is 42.7. The highest BCUT2D eigenvalue weighted by atomic mass is 19.1. The first-order valence-electron chi connectivity index (χ1n) is 24.5. The highest BCUT2D eigenvalue weighted by molar-refractivity contribution is 5.69. The number of fused-ring (bicyclic) bond motifs is 5. The van der Waals surface area contributed by atoms with Crippen molar-refractivity contribution < 1.29 is 23.4 Å².